The van der Waals surface area contributed by atoms with Gasteiger partial charge in [0.05, 0.1) is 18.2 Å². The van der Waals surface area contributed by atoms with Crippen LogP contribution >= 0.6 is 0 Å². The van der Waals surface area contributed by atoms with E-state index in [2.05, 4.69) is 10.5 Å². The molecule has 0 unspecified atom stereocenters. The molecule has 0 radical (unpaired) electrons. The lowest BCUT2D eigenvalue weighted by molar-refractivity contribution is 0.0526. The summed E-state index contributed by atoms with van der Waals surface area (Å²) in [4.78, 5) is 26.2. The number of benzene rings is 1. The van der Waals surface area contributed by atoms with Crippen LogP contribution in [0.3, 0.4) is 0 Å². The number of carbonyl (C=O) groups is 2. The molecule has 144 valence electrons. The van der Waals surface area contributed by atoms with E-state index in [1.54, 1.807) is 36.1 Å². The molecule has 1 N–H and O–H groups in total. The molecule has 1 aliphatic heterocycles. The summed E-state index contributed by atoms with van der Waals surface area (Å²) in [7, 11) is 0. The number of hydrogen-bond donors (Lipinski definition) is 1. The van der Waals surface area contributed by atoms with Crippen molar-refractivity contribution in [1.82, 2.24) is 10.1 Å². The molecule has 2 aromatic rings. The average molecular weight is 371 g/mol. The number of nitrogens with zero attached hydrogens (tertiary/aromatic N) is 2. The highest BCUT2D eigenvalue weighted by molar-refractivity contribution is 5.92. The fraction of sp³-hybridized carbons (Fsp3) is 0.450. The molecule has 0 saturated carbocycles. The van der Waals surface area contributed by atoms with E-state index in [9.17, 15) is 9.59 Å². The van der Waals surface area contributed by atoms with Gasteiger partial charge in [0.25, 0.3) is 0 Å². The number of nitrogens with one attached hydrogen (secondary N) is 1. The highest BCUT2D eigenvalue weighted by Crippen LogP contribution is 2.33. The SMILES string of the molecule is CCOC(=O)c1ccc(NC(=O)N2CCC[C@H]2c2cc(C(C)C)on2)cc1. The van der Waals surface area contributed by atoms with Gasteiger partial charge >= 0.3 is 12.0 Å². The van der Waals surface area contributed by atoms with Crippen LogP contribution in [0.4, 0.5) is 10.5 Å². The molecule has 1 atom stereocenters. The van der Waals surface area contributed by atoms with Gasteiger partial charge in [-0.15, -0.1) is 0 Å². The van der Waals surface area contributed by atoms with Crippen LogP contribution in [0.1, 0.15) is 67.4 Å². The minimum Gasteiger partial charge on any atom is -0.462 e. The quantitative estimate of drug-likeness (QED) is 0.790. The van der Waals surface area contributed by atoms with Gasteiger partial charge in [0, 0.05) is 24.2 Å². The van der Waals surface area contributed by atoms with Gasteiger partial charge in [0.1, 0.15) is 11.5 Å². The Hall–Kier alpha value is -2.83. The van der Waals surface area contributed by atoms with Crippen molar-refractivity contribution in [3.05, 3.63) is 47.3 Å². The number of rotatable bonds is 5. The zero-order chi connectivity index (χ0) is 19.4. The monoisotopic (exact) mass is 371 g/mol. The Labute approximate surface area is 158 Å². The zero-order valence-corrected chi connectivity index (χ0v) is 15.9. The van der Waals surface area contributed by atoms with E-state index in [0.717, 1.165) is 24.3 Å². The fourth-order valence-corrected chi connectivity index (χ4v) is 3.15. The van der Waals surface area contributed by atoms with Crippen LogP contribution in [-0.4, -0.2) is 35.2 Å². The van der Waals surface area contributed by atoms with E-state index in [1.807, 2.05) is 19.9 Å². The summed E-state index contributed by atoms with van der Waals surface area (Å²) in [5.41, 5.74) is 1.88. The Morgan fingerprint density at radius 2 is 2.07 bits per heavy atom. The van der Waals surface area contributed by atoms with Crippen molar-refractivity contribution < 1.29 is 18.8 Å². The number of carbonyl (C=O) groups excluding carboxylic acids is 2. The molecule has 3 rings (SSSR count). The summed E-state index contributed by atoms with van der Waals surface area (Å²) < 4.78 is 10.3. The number of likely N-dealkylation sites (tertiary alicyclic amines) is 1. The number of urea groups is 1. The maximum Gasteiger partial charge on any atom is 0.338 e. The Bertz CT molecular complexity index is 798. The minimum atomic E-state index is -0.373. The Morgan fingerprint density at radius 3 is 2.70 bits per heavy atom. The normalized spacial score (nSPS) is 16.6. The standard InChI is InChI=1S/C20H25N3O4/c1-4-26-19(24)14-7-9-15(10-8-14)21-20(25)23-11-5-6-17(23)16-12-18(13(2)3)27-22-16/h7-10,12-13,17H,4-6,11H2,1-3H3,(H,21,25)/t17-/m0/s1. The first-order chi connectivity index (χ1) is 13.0. The third-order valence-electron chi connectivity index (χ3n) is 4.62. The molecule has 2 amide bonds. The second-order valence-corrected chi connectivity index (χ2v) is 6.89. The first-order valence-corrected chi connectivity index (χ1v) is 9.31. The second-order valence-electron chi connectivity index (χ2n) is 6.89. The molecule has 2 heterocycles. The average Bonchev–Trinajstić information content (AvgIpc) is 3.31. The molecule has 1 aliphatic rings. The molecular weight excluding hydrogens is 346 g/mol. The van der Waals surface area contributed by atoms with E-state index >= 15 is 0 Å². The van der Waals surface area contributed by atoms with Gasteiger partial charge in [-0.05, 0) is 44.0 Å². The third kappa shape index (κ3) is 4.30. The van der Waals surface area contributed by atoms with Crippen LogP contribution in [0.2, 0.25) is 0 Å². The highest BCUT2D eigenvalue weighted by atomic mass is 16.5. The minimum absolute atomic E-state index is 0.0833. The van der Waals surface area contributed by atoms with Gasteiger partial charge in [-0.1, -0.05) is 19.0 Å². The third-order valence-corrected chi connectivity index (χ3v) is 4.62. The number of ether oxygens (including phenoxy) is 1. The van der Waals surface area contributed by atoms with Gasteiger partial charge < -0.3 is 19.5 Å². The number of aromatic nitrogens is 1. The molecule has 0 aliphatic carbocycles. The van der Waals surface area contributed by atoms with E-state index < -0.39 is 0 Å². The summed E-state index contributed by atoms with van der Waals surface area (Å²) >= 11 is 0. The van der Waals surface area contributed by atoms with E-state index in [1.165, 1.54) is 0 Å². The lowest BCUT2D eigenvalue weighted by Crippen LogP contribution is -2.34. The summed E-state index contributed by atoms with van der Waals surface area (Å²) in [6.45, 7) is 6.85. The lowest BCUT2D eigenvalue weighted by atomic mass is 10.1. The molecule has 7 nitrogen and oxygen atoms in total. The summed E-state index contributed by atoms with van der Waals surface area (Å²) in [5.74, 6) is 0.710. The Balaban J connectivity index is 1.66. The number of hydrogen-bond acceptors (Lipinski definition) is 5. The molecule has 1 fully saturated rings. The van der Waals surface area contributed by atoms with Gasteiger partial charge in [-0.25, -0.2) is 9.59 Å². The number of amides is 2. The molecule has 1 aromatic carbocycles. The molecule has 7 heteroatoms. The van der Waals surface area contributed by atoms with Crippen LogP contribution in [0, 0.1) is 0 Å². The van der Waals surface area contributed by atoms with Gasteiger partial charge in [-0.2, -0.15) is 0 Å². The van der Waals surface area contributed by atoms with Gasteiger partial charge in [0.2, 0.25) is 0 Å². The topological polar surface area (TPSA) is 84.7 Å². The number of anilines is 1. The summed E-state index contributed by atoms with van der Waals surface area (Å²) in [6, 6.07) is 8.35. The predicted octanol–water partition coefficient (Wildman–Crippen LogP) is 4.34. The second kappa shape index (κ2) is 8.24. The molecule has 0 bridgehead atoms. The van der Waals surface area contributed by atoms with Crippen LogP contribution in [-0.2, 0) is 4.74 Å². The first kappa shape index (κ1) is 18.9. The van der Waals surface area contributed by atoms with E-state index in [-0.39, 0.29) is 24.0 Å². The fourth-order valence-electron chi connectivity index (χ4n) is 3.15. The maximum atomic E-state index is 12.7. The van der Waals surface area contributed by atoms with Crippen molar-refractivity contribution in [1.29, 1.82) is 0 Å². The lowest BCUT2D eigenvalue weighted by Gasteiger charge is -2.23. The largest absolute Gasteiger partial charge is 0.462 e. The molecule has 27 heavy (non-hydrogen) atoms. The van der Waals surface area contributed by atoms with Crippen LogP contribution in [0.15, 0.2) is 34.9 Å². The Kier molecular flexibility index (Phi) is 5.78. The smallest absolute Gasteiger partial charge is 0.338 e. The summed E-state index contributed by atoms with van der Waals surface area (Å²) in [5, 5.41) is 7.05. The first-order valence-electron chi connectivity index (χ1n) is 9.31. The van der Waals surface area contributed by atoms with E-state index in [4.69, 9.17) is 9.26 Å². The van der Waals surface area contributed by atoms with Crippen molar-refractivity contribution in [3.8, 4) is 0 Å². The summed E-state index contributed by atoms with van der Waals surface area (Å²) in [6.07, 6.45) is 1.78. The predicted molar refractivity (Wildman–Crippen MR) is 101 cm³/mol. The van der Waals surface area contributed by atoms with Gasteiger partial charge in [-0.3, -0.25) is 0 Å². The van der Waals surface area contributed by atoms with Crippen molar-refractivity contribution in [3.63, 3.8) is 0 Å². The van der Waals surface area contributed by atoms with Crippen LogP contribution in [0.5, 0.6) is 0 Å². The molecule has 0 spiro atoms. The van der Waals surface area contributed by atoms with Crippen molar-refractivity contribution in [2.45, 2.75) is 45.6 Å². The molecule has 1 saturated heterocycles. The highest BCUT2D eigenvalue weighted by Gasteiger charge is 2.32. The van der Waals surface area contributed by atoms with Crippen LogP contribution < -0.4 is 5.32 Å². The van der Waals surface area contributed by atoms with E-state index in [0.29, 0.717) is 24.4 Å². The van der Waals surface area contributed by atoms with Crippen molar-refractivity contribution >= 4 is 17.7 Å². The van der Waals surface area contributed by atoms with Gasteiger partial charge in [0.15, 0.2) is 0 Å². The molecule has 1 aromatic heterocycles. The van der Waals surface area contributed by atoms with Crippen molar-refractivity contribution in [2.24, 2.45) is 0 Å². The molecular formula is C20H25N3O4. The maximum absolute atomic E-state index is 12.7. The zero-order valence-electron chi connectivity index (χ0n) is 15.9. The Morgan fingerprint density at radius 1 is 1.33 bits per heavy atom. The van der Waals surface area contributed by atoms with Crippen LogP contribution in [0.25, 0.3) is 0 Å². The number of esters is 1. The van der Waals surface area contributed by atoms with Crippen molar-refractivity contribution in [2.75, 3.05) is 18.5 Å².